The van der Waals surface area contributed by atoms with Crippen molar-refractivity contribution in [3.05, 3.63) is 28.8 Å². The Morgan fingerprint density at radius 2 is 1.82 bits per heavy atom. The average molecular weight is 234 g/mol. The SMILES string of the molecule is CCC1OC1CC(C)c1c(C)cc(O)cc1C. The Balaban J connectivity index is 2.11. The quantitative estimate of drug-likeness (QED) is 0.806. The molecule has 0 amide bonds. The number of aryl methyl sites for hydroxylation is 2. The van der Waals surface area contributed by atoms with E-state index in [1.807, 2.05) is 12.1 Å². The van der Waals surface area contributed by atoms with Crippen LogP contribution >= 0.6 is 0 Å². The van der Waals surface area contributed by atoms with Gasteiger partial charge < -0.3 is 9.84 Å². The summed E-state index contributed by atoms with van der Waals surface area (Å²) in [6, 6.07) is 3.70. The molecule has 1 aromatic rings. The average Bonchev–Trinajstić information content (AvgIpc) is 2.94. The van der Waals surface area contributed by atoms with Gasteiger partial charge in [-0.3, -0.25) is 0 Å². The summed E-state index contributed by atoms with van der Waals surface area (Å²) < 4.78 is 5.61. The van der Waals surface area contributed by atoms with Crippen molar-refractivity contribution in [2.24, 2.45) is 0 Å². The molecule has 2 nitrogen and oxygen atoms in total. The molecule has 1 saturated heterocycles. The molecule has 3 atom stereocenters. The van der Waals surface area contributed by atoms with Gasteiger partial charge in [-0.1, -0.05) is 13.8 Å². The second-order valence-corrected chi connectivity index (χ2v) is 5.25. The number of hydrogen-bond acceptors (Lipinski definition) is 2. The number of hydrogen-bond donors (Lipinski definition) is 1. The molecule has 2 rings (SSSR count). The number of phenolic OH excluding ortho intramolecular Hbond substituents is 1. The van der Waals surface area contributed by atoms with Crippen molar-refractivity contribution >= 4 is 0 Å². The lowest BCUT2D eigenvalue weighted by atomic mass is 9.88. The minimum absolute atomic E-state index is 0.366. The molecule has 0 saturated carbocycles. The summed E-state index contributed by atoms with van der Waals surface area (Å²) in [4.78, 5) is 0. The number of phenols is 1. The molecule has 0 radical (unpaired) electrons. The molecule has 1 aliphatic rings. The van der Waals surface area contributed by atoms with Gasteiger partial charge in [-0.25, -0.2) is 0 Å². The maximum atomic E-state index is 9.55. The molecule has 17 heavy (non-hydrogen) atoms. The largest absolute Gasteiger partial charge is 0.508 e. The molecule has 0 aliphatic carbocycles. The van der Waals surface area contributed by atoms with Gasteiger partial charge in [-0.05, 0) is 61.4 Å². The first kappa shape index (κ1) is 12.4. The maximum Gasteiger partial charge on any atom is 0.116 e. The zero-order valence-corrected chi connectivity index (χ0v) is 11.2. The van der Waals surface area contributed by atoms with Crippen molar-refractivity contribution in [3.63, 3.8) is 0 Å². The van der Waals surface area contributed by atoms with Crippen LogP contribution in [0.25, 0.3) is 0 Å². The number of epoxide rings is 1. The van der Waals surface area contributed by atoms with Crippen LogP contribution in [0.3, 0.4) is 0 Å². The first-order chi connectivity index (χ1) is 8.02. The van der Waals surface area contributed by atoms with Crippen molar-refractivity contribution < 1.29 is 9.84 Å². The normalized spacial score (nSPS) is 24.7. The van der Waals surface area contributed by atoms with Crippen molar-refractivity contribution in [2.45, 2.75) is 58.7 Å². The van der Waals surface area contributed by atoms with Crippen LogP contribution in [0.5, 0.6) is 5.75 Å². The summed E-state index contributed by atoms with van der Waals surface area (Å²) in [5.41, 5.74) is 3.74. The van der Waals surface area contributed by atoms with Gasteiger partial charge in [0, 0.05) is 0 Å². The molecule has 1 aromatic carbocycles. The van der Waals surface area contributed by atoms with Crippen LogP contribution in [0.4, 0.5) is 0 Å². The fourth-order valence-corrected chi connectivity index (χ4v) is 2.94. The molecule has 1 aliphatic heterocycles. The van der Waals surface area contributed by atoms with Gasteiger partial charge >= 0.3 is 0 Å². The van der Waals surface area contributed by atoms with Crippen LogP contribution in [0.2, 0.25) is 0 Å². The van der Waals surface area contributed by atoms with E-state index in [-0.39, 0.29) is 0 Å². The van der Waals surface area contributed by atoms with Crippen LogP contribution in [0, 0.1) is 13.8 Å². The summed E-state index contributed by atoms with van der Waals surface area (Å²) in [5, 5.41) is 9.55. The van der Waals surface area contributed by atoms with Crippen LogP contribution < -0.4 is 0 Å². The van der Waals surface area contributed by atoms with Crippen molar-refractivity contribution in [1.29, 1.82) is 0 Å². The summed E-state index contributed by atoms with van der Waals surface area (Å²) in [6.07, 6.45) is 3.13. The minimum Gasteiger partial charge on any atom is -0.508 e. The van der Waals surface area contributed by atoms with Crippen molar-refractivity contribution in [2.75, 3.05) is 0 Å². The van der Waals surface area contributed by atoms with Gasteiger partial charge in [0.05, 0.1) is 12.2 Å². The van der Waals surface area contributed by atoms with Crippen LogP contribution in [0.1, 0.15) is 49.3 Å². The fourth-order valence-electron chi connectivity index (χ4n) is 2.94. The predicted octanol–water partition coefficient (Wildman–Crippen LogP) is 3.68. The van der Waals surface area contributed by atoms with Crippen molar-refractivity contribution in [3.8, 4) is 5.75 Å². The second kappa shape index (κ2) is 4.69. The Labute approximate surface area is 104 Å². The topological polar surface area (TPSA) is 32.8 Å². The zero-order valence-electron chi connectivity index (χ0n) is 11.2. The Bertz CT molecular complexity index is 388. The highest BCUT2D eigenvalue weighted by Crippen LogP contribution is 2.37. The smallest absolute Gasteiger partial charge is 0.116 e. The van der Waals surface area contributed by atoms with Gasteiger partial charge in [0.15, 0.2) is 0 Å². The molecule has 94 valence electrons. The predicted molar refractivity (Wildman–Crippen MR) is 69.6 cm³/mol. The minimum atomic E-state index is 0.366. The molecule has 1 N–H and O–H groups in total. The second-order valence-electron chi connectivity index (χ2n) is 5.25. The highest BCUT2D eigenvalue weighted by Gasteiger charge is 2.38. The lowest BCUT2D eigenvalue weighted by molar-refractivity contribution is 0.352. The zero-order chi connectivity index (χ0) is 12.6. The highest BCUT2D eigenvalue weighted by molar-refractivity contribution is 5.42. The summed E-state index contributed by atoms with van der Waals surface area (Å²) in [6.45, 7) is 8.57. The third-order valence-electron chi connectivity index (χ3n) is 3.75. The number of aromatic hydroxyl groups is 1. The van der Waals surface area contributed by atoms with Crippen molar-refractivity contribution in [1.82, 2.24) is 0 Å². The molecular weight excluding hydrogens is 212 g/mol. The van der Waals surface area contributed by atoms with Gasteiger partial charge in [-0.2, -0.15) is 0 Å². The fraction of sp³-hybridized carbons (Fsp3) is 0.600. The lowest BCUT2D eigenvalue weighted by Gasteiger charge is -2.17. The molecule has 1 fully saturated rings. The summed E-state index contributed by atoms with van der Waals surface area (Å²) in [7, 11) is 0. The summed E-state index contributed by atoms with van der Waals surface area (Å²) in [5.74, 6) is 0.863. The third kappa shape index (κ3) is 2.63. The Hall–Kier alpha value is -1.02. The van der Waals surface area contributed by atoms with E-state index in [2.05, 4.69) is 27.7 Å². The Kier molecular flexibility index (Phi) is 3.43. The van der Waals surface area contributed by atoms with E-state index < -0.39 is 0 Å². The monoisotopic (exact) mass is 234 g/mol. The standard InChI is InChI=1S/C15H22O2/c1-5-13-14(17-13)8-11(4)15-9(2)6-12(16)7-10(15)3/h6-7,11,13-14,16H,5,8H2,1-4H3. The van der Waals surface area contributed by atoms with Gasteiger partial charge in [0.1, 0.15) is 5.75 Å². The van der Waals surface area contributed by atoms with Crippen LogP contribution in [-0.2, 0) is 4.74 Å². The van der Waals surface area contributed by atoms with Crippen LogP contribution in [-0.4, -0.2) is 17.3 Å². The van der Waals surface area contributed by atoms with Crippen LogP contribution in [0.15, 0.2) is 12.1 Å². The van der Waals surface area contributed by atoms with E-state index in [0.29, 0.717) is 23.9 Å². The summed E-state index contributed by atoms with van der Waals surface area (Å²) >= 11 is 0. The molecule has 0 spiro atoms. The van der Waals surface area contributed by atoms with E-state index in [1.54, 1.807) is 0 Å². The number of ether oxygens (including phenoxy) is 1. The van der Waals surface area contributed by atoms with E-state index in [0.717, 1.165) is 12.8 Å². The van der Waals surface area contributed by atoms with Gasteiger partial charge in [0.25, 0.3) is 0 Å². The molecule has 0 bridgehead atoms. The molecule has 3 unspecified atom stereocenters. The van der Waals surface area contributed by atoms with E-state index in [9.17, 15) is 5.11 Å². The van der Waals surface area contributed by atoms with E-state index in [4.69, 9.17) is 4.74 Å². The number of benzene rings is 1. The molecular formula is C15H22O2. The third-order valence-corrected chi connectivity index (χ3v) is 3.75. The van der Waals surface area contributed by atoms with Gasteiger partial charge in [-0.15, -0.1) is 0 Å². The Morgan fingerprint density at radius 1 is 1.24 bits per heavy atom. The van der Waals surface area contributed by atoms with E-state index in [1.165, 1.54) is 16.7 Å². The highest BCUT2D eigenvalue weighted by atomic mass is 16.6. The maximum absolute atomic E-state index is 9.55. The van der Waals surface area contributed by atoms with Gasteiger partial charge in [0.2, 0.25) is 0 Å². The molecule has 1 heterocycles. The first-order valence-corrected chi connectivity index (χ1v) is 6.48. The molecule has 0 aromatic heterocycles. The van der Waals surface area contributed by atoms with E-state index >= 15 is 0 Å². The first-order valence-electron chi connectivity index (χ1n) is 6.48. The Morgan fingerprint density at radius 3 is 2.29 bits per heavy atom. The number of rotatable bonds is 4. The lowest BCUT2D eigenvalue weighted by Crippen LogP contribution is -2.04. The molecule has 2 heteroatoms.